The van der Waals surface area contributed by atoms with Crippen LogP contribution >= 0.6 is 0 Å². The fourth-order valence-corrected chi connectivity index (χ4v) is 4.00. The van der Waals surface area contributed by atoms with Gasteiger partial charge in [-0.05, 0) is 25.8 Å². The topological polar surface area (TPSA) is 114 Å². The van der Waals surface area contributed by atoms with Gasteiger partial charge in [-0.15, -0.1) is 0 Å². The molecule has 2 N–H and O–H groups in total. The summed E-state index contributed by atoms with van der Waals surface area (Å²) in [6.07, 6.45) is -2.38. The van der Waals surface area contributed by atoms with Gasteiger partial charge in [-0.1, -0.05) is 42.0 Å². The fourth-order valence-electron chi connectivity index (χ4n) is 4.00. The summed E-state index contributed by atoms with van der Waals surface area (Å²) in [6.45, 7) is 8.32. The van der Waals surface area contributed by atoms with Gasteiger partial charge in [0.25, 0.3) is 5.56 Å². The Labute approximate surface area is 216 Å². The number of piperazine rings is 1. The van der Waals surface area contributed by atoms with E-state index in [2.05, 4.69) is 16.3 Å². The molecule has 0 bridgehead atoms. The van der Waals surface area contributed by atoms with Gasteiger partial charge < -0.3 is 19.9 Å². The highest BCUT2D eigenvalue weighted by Crippen LogP contribution is 2.20. The zero-order valence-corrected chi connectivity index (χ0v) is 21.5. The van der Waals surface area contributed by atoms with E-state index in [0.717, 1.165) is 37.7 Å². The quantitative estimate of drug-likeness (QED) is 0.464. The molecule has 0 aliphatic carbocycles. The number of alkyl halides is 3. The van der Waals surface area contributed by atoms with Gasteiger partial charge in [0.15, 0.2) is 11.2 Å². The number of nitrogens with zero attached hydrogens (tertiary/aromatic N) is 5. The van der Waals surface area contributed by atoms with Gasteiger partial charge >= 0.3 is 17.8 Å². The Kier molecular flexibility index (Phi) is 9.15. The number of imidazole rings is 1. The number of nitrogens with one attached hydrogen (secondary N) is 1. The van der Waals surface area contributed by atoms with Crippen LogP contribution < -0.4 is 21.5 Å². The third-order valence-corrected chi connectivity index (χ3v) is 6.00. The Morgan fingerprint density at radius 3 is 2.26 bits per heavy atom. The van der Waals surface area contributed by atoms with E-state index in [4.69, 9.17) is 14.9 Å². The van der Waals surface area contributed by atoms with Gasteiger partial charge in [-0.3, -0.25) is 13.9 Å². The maximum atomic E-state index is 13.5. The molecule has 0 spiro atoms. The number of allylic oxidation sites excluding steroid dienone is 2. The van der Waals surface area contributed by atoms with Crippen molar-refractivity contribution in [2.75, 3.05) is 31.1 Å². The van der Waals surface area contributed by atoms with E-state index in [9.17, 15) is 22.8 Å². The van der Waals surface area contributed by atoms with E-state index in [1.165, 1.54) is 14.7 Å². The number of aliphatic carboxylic acids is 1. The number of rotatable bonds is 6. The minimum absolute atomic E-state index is 0.273. The molecule has 3 heterocycles. The van der Waals surface area contributed by atoms with Crippen LogP contribution in [0.5, 0.6) is 0 Å². The van der Waals surface area contributed by atoms with Crippen molar-refractivity contribution >= 4 is 23.1 Å². The maximum absolute atomic E-state index is 13.5. The van der Waals surface area contributed by atoms with Crippen LogP contribution in [0.1, 0.15) is 19.4 Å². The van der Waals surface area contributed by atoms with Crippen molar-refractivity contribution in [3.8, 4) is 0 Å². The van der Waals surface area contributed by atoms with E-state index in [1.807, 2.05) is 48.7 Å². The molecule has 3 aromatic rings. The summed E-state index contributed by atoms with van der Waals surface area (Å²) in [6, 6.07) is 9.91. The van der Waals surface area contributed by atoms with Crippen LogP contribution in [0.25, 0.3) is 11.2 Å². The summed E-state index contributed by atoms with van der Waals surface area (Å²) in [5.41, 5.74) is 2.60. The standard InChI is InChI=1S/C23H30N6O2.C2HF3O2/c1-17(2)9-13-28-19-20(25-22(28)27-15-11-24-12-16-27)26(3)23(31)29(21(19)30)14-10-18-7-5-4-6-8-18;3-2(4,5)1(6)7/h4-9,24H,10-16H2,1-3H3;(H,6,7). The third-order valence-electron chi connectivity index (χ3n) is 6.00. The smallest absolute Gasteiger partial charge is 0.475 e. The first-order valence-electron chi connectivity index (χ1n) is 12.0. The van der Waals surface area contributed by atoms with Crippen molar-refractivity contribution in [1.82, 2.24) is 24.0 Å². The number of fused-ring (bicyclic) bond motifs is 1. The molecular formula is C25H31F3N6O4. The summed E-state index contributed by atoms with van der Waals surface area (Å²) < 4.78 is 36.6. The largest absolute Gasteiger partial charge is 0.490 e. The summed E-state index contributed by atoms with van der Waals surface area (Å²) >= 11 is 0. The molecule has 0 saturated carbocycles. The molecule has 38 heavy (non-hydrogen) atoms. The zero-order chi connectivity index (χ0) is 28.0. The summed E-state index contributed by atoms with van der Waals surface area (Å²) in [5.74, 6) is -2.01. The van der Waals surface area contributed by atoms with Crippen molar-refractivity contribution in [3.63, 3.8) is 0 Å². The molecule has 0 unspecified atom stereocenters. The Hall–Kier alpha value is -3.87. The number of carboxylic acids is 1. The number of hydrogen-bond donors (Lipinski definition) is 2. The van der Waals surface area contributed by atoms with Crippen LogP contribution in [-0.4, -0.2) is 62.1 Å². The van der Waals surface area contributed by atoms with Crippen molar-refractivity contribution in [2.45, 2.75) is 39.5 Å². The zero-order valence-electron chi connectivity index (χ0n) is 21.5. The number of carbonyl (C=O) groups is 1. The number of anilines is 1. The number of aromatic nitrogens is 4. The average molecular weight is 537 g/mol. The maximum Gasteiger partial charge on any atom is 0.490 e. The average Bonchev–Trinajstić information content (AvgIpc) is 3.27. The number of aryl methyl sites for hydroxylation is 2. The summed E-state index contributed by atoms with van der Waals surface area (Å²) in [4.78, 5) is 42.4. The monoisotopic (exact) mass is 536 g/mol. The van der Waals surface area contributed by atoms with Crippen LogP contribution in [0.4, 0.5) is 19.1 Å². The van der Waals surface area contributed by atoms with E-state index < -0.39 is 12.1 Å². The van der Waals surface area contributed by atoms with Crippen LogP contribution in [0.3, 0.4) is 0 Å². The van der Waals surface area contributed by atoms with E-state index in [-0.39, 0.29) is 11.2 Å². The lowest BCUT2D eigenvalue weighted by molar-refractivity contribution is -0.192. The Balaban J connectivity index is 0.000000505. The predicted octanol–water partition coefficient (Wildman–Crippen LogP) is 2.15. The molecule has 13 heteroatoms. The van der Waals surface area contributed by atoms with Gasteiger partial charge in [-0.2, -0.15) is 18.2 Å². The number of hydrogen-bond acceptors (Lipinski definition) is 6. The highest BCUT2D eigenvalue weighted by molar-refractivity contribution is 5.75. The molecule has 1 aromatic carbocycles. The molecule has 2 aromatic heterocycles. The lowest BCUT2D eigenvalue weighted by atomic mass is 10.1. The van der Waals surface area contributed by atoms with E-state index in [0.29, 0.717) is 30.7 Å². The van der Waals surface area contributed by atoms with E-state index >= 15 is 0 Å². The molecule has 1 fully saturated rings. The molecule has 0 atom stereocenters. The predicted molar refractivity (Wildman–Crippen MR) is 138 cm³/mol. The second-order valence-corrected chi connectivity index (χ2v) is 9.05. The Morgan fingerprint density at radius 1 is 1.11 bits per heavy atom. The van der Waals surface area contributed by atoms with Gasteiger partial charge in [0.05, 0.1) is 0 Å². The lowest BCUT2D eigenvalue weighted by Crippen LogP contribution is -2.44. The lowest BCUT2D eigenvalue weighted by Gasteiger charge is -2.28. The second kappa shape index (κ2) is 12.1. The third kappa shape index (κ3) is 6.71. The van der Waals surface area contributed by atoms with Gasteiger partial charge in [0.1, 0.15) is 0 Å². The van der Waals surface area contributed by atoms with Crippen molar-refractivity contribution in [3.05, 3.63) is 68.4 Å². The highest BCUT2D eigenvalue weighted by Gasteiger charge is 2.38. The second-order valence-electron chi connectivity index (χ2n) is 9.05. The number of benzene rings is 1. The first kappa shape index (κ1) is 28.7. The molecule has 4 rings (SSSR count). The minimum atomic E-state index is -5.08. The SMILES string of the molecule is CC(C)=CCn1c(N2CCNCC2)nc2c1c(=O)n(CCc1ccccc1)c(=O)n2C.O=C(O)C(F)(F)F. The molecule has 1 aliphatic heterocycles. The van der Waals surface area contributed by atoms with Gasteiger partial charge in [-0.25, -0.2) is 9.59 Å². The fraction of sp³-hybridized carbons (Fsp3) is 0.440. The van der Waals surface area contributed by atoms with Crippen LogP contribution in [0.2, 0.25) is 0 Å². The molecule has 0 radical (unpaired) electrons. The Morgan fingerprint density at radius 2 is 1.71 bits per heavy atom. The number of carboxylic acid groups (broad SMARTS) is 1. The first-order chi connectivity index (χ1) is 17.9. The van der Waals surface area contributed by atoms with Crippen LogP contribution in [0.15, 0.2) is 51.6 Å². The van der Waals surface area contributed by atoms with Gasteiger partial charge in [0.2, 0.25) is 5.95 Å². The molecule has 1 saturated heterocycles. The number of halogens is 3. The van der Waals surface area contributed by atoms with Crippen LogP contribution in [0, 0.1) is 0 Å². The van der Waals surface area contributed by atoms with Crippen molar-refractivity contribution < 1.29 is 23.1 Å². The highest BCUT2D eigenvalue weighted by atomic mass is 19.4. The van der Waals surface area contributed by atoms with Crippen LogP contribution in [-0.2, 0) is 31.4 Å². The van der Waals surface area contributed by atoms with Crippen molar-refractivity contribution in [2.24, 2.45) is 7.05 Å². The molecular weight excluding hydrogens is 505 g/mol. The van der Waals surface area contributed by atoms with E-state index in [1.54, 1.807) is 7.05 Å². The summed E-state index contributed by atoms with van der Waals surface area (Å²) in [7, 11) is 1.70. The molecule has 0 amide bonds. The normalized spacial score (nSPS) is 13.7. The minimum Gasteiger partial charge on any atom is -0.475 e. The molecule has 206 valence electrons. The van der Waals surface area contributed by atoms with Gasteiger partial charge in [0, 0.05) is 46.3 Å². The molecule has 10 nitrogen and oxygen atoms in total. The first-order valence-corrected chi connectivity index (χ1v) is 12.0. The summed E-state index contributed by atoms with van der Waals surface area (Å²) in [5, 5.41) is 10.5. The Bertz CT molecular complexity index is 1410. The van der Waals surface area contributed by atoms with Crippen molar-refractivity contribution in [1.29, 1.82) is 0 Å². The molecule has 1 aliphatic rings.